The molecule has 6 heteroatoms. The van der Waals surface area contributed by atoms with Crippen LogP contribution in [0.3, 0.4) is 0 Å². The molecule has 0 amide bonds. The molecule has 0 fully saturated rings. The van der Waals surface area contributed by atoms with E-state index in [1.165, 1.54) is 17.0 Å². The second kappa shape index (κ2) is 6.14. The molecule has 0 saturated carbocycles. The molecule has 0 unspecified atom stereocenters. The van der Waals surface area contributed by atoms with Crippen LogP contribution in [0.15, 0.2) is 58.3 Å². The van der Waals surface area contributed by atoms with Gasteiger partial charge in [0.2, 0.25) is 0 Å². The summed E-state index contributed by atoms with van der Waals surface area (Å²) in [6, 6.07) is 13.5. The van der Waals surface area contributed by atoms with Crippen LogP contribution in [-0.2, 0) is 0 Å². The minimum absolute atomic E-state index is 0.127. The molecular formula is C17H14ClN3O2. The van der Waals surface area contributed by atoms with Gasteiger partial charge in [0.15, 0.2) is 0 Å². The third-order valence-corrected chi connectivity index (χ3v) is 3.59. The lowest BCUT2D eigenvalue weighted by molar-refractivity contribution is 0.475. The van der Waals surface area contributed by atoms with Gasteiger partial charge >= 0.3 is 0 Å². The molecule has 1 aromatic heterocycles. The number of H-pyrrole nitrogens is 1. The monoisotopic (exact) mass is 327 g/mol. The van der Waals surface area contributed by atoms with E-state index in [4.69, 9.17) is 11.6 Å². The smallest absolute Gasteiger partial charge is 0.280 e. The molecule has 0 radical (unpaired) electrons. The first kappa shape index (κ1) is 15.1. The summed E-state index contributed by atoms with van der Waals surface area (Å²) in [5.41, 5.74) is 2.16. The van der Waals surface area contributed by atoms with Gasteiger partial charge in [-0.15, -0.1) is 0 Å². The van der Waals surface area contributed by atoms with Crippen LogP contribution in [0.1, 0.15) is 11.3 Å². The van der Waals surface area contributed by atoms with Crippen molar-refractivity contribution in [2.75, 3.05) is 0 Å². The molecule has 0 atom stereocenters. The summed E-state index contributed by atoms with van der Waals surface area (Å²) in [6.45, 7) is 1.80. The van der Waals surface area contributed by atoms with E-state index in [9.17, 15) is 9.90 Å². The fourth-order valence-electron chi connectivity index (χ4n) is 2.22. The lowest BCUT2D eigenvalue weighted by atomic mass is 10.2. The molecule has 0 spiro atoms. The maximum Gasteiger partial charge on any atom is 0.280 e. The standard InChI is InChI=1S/C17H14ClN3O2/c1-11-16(10-19-13-5-3-7-15(22)9-13)17(23)21(20-11)14-6-2-4-12(18)8-14/h2-10,20,22H,1H3. The minimum Gasteiger partial charge on any atom is -0.508 e. The van der Waals surface area contributed by atoms with Gasteiger partial charge in [-0.2, -0.15) is 0 Å². The summed E-state index contributed by atoms with van der Waals surface area (Å²) in [6.07, 6.45) is 1.49. The van der Waals surface area contributed by atoms with Gasteiger partial charge in [0.05, 0.1) is 16.9 Å². The van der Waals surface area contributed by atoms with Crippen molar-refractivity contribution in [2.24, 2.45) is 4.99 Å². The Kier molecular flexibility index (Phi) is 4.04. The average Bonchev–Trinajstić information content (AvgIpc) is 2.80. The first-order chi connectivity index (χ1) is 11.0. The van der Waals surface area contributed by atoms with Crippen LogP contribution in [0.2, 0.25) is 5.02 Å². The van der Waals surface area contributed by atoms with Crippen LogP contribution in [-0.4, -0.2) is 21.1 Å². The van der Waals surface area contributed by atoms with Gasteiger partial charge in [-0.25, -0.2) is 4.68 Å². The zero-order valence-corrected chi connectivity index (χ0v) is 13.1. The van der Waals surface area contributed by atoms with E-state index >= 15 is 0 Å². The molecule has 0 bridgehead atoms. The van der Waals surface area contributed by atoms with E-state index in [1.54, 1.807) is 49.4 Å². The molecular weight excluding hydrogens is 314 g/mol. The quantitative estimate of drug-likeness (QED) is 0.722. The van der Waals surface area contributed by atoms with E-state index < -0.39 is 0 Å². The number of benzene rings is 2. The molecule has 5 nitrogen and oxygen atoms in total. The third-order valence-electron chi connectivity index (χ3n) is 3.36. The number of hydrogen-bond donors (Lipinski definition) is 2. The van der Waals surface area contributed by atoms with Gasteiger partial charge in [0.1, 0.15) is 5.75 Å². The van der Waals surface area contributed by atoms with Crippen LogP contribution in [0.25, 0.3) is 5.69 Å². The van der Waals surface area contributed by atoms with Gasteiger partial charge in [0.25, 0.3) is 5.56 Å². The van der Waals surface area contributed by atoms with Crippen molar-refractivity contribution in [1.29, 1.82) is 0 Å². The number of phenolic OH excluding ortho intramolecular Hbond substituents is 1. The first-order valence-corrected chi connectivity index (χ1v) is 7.33. The highest BCUT2D eigenvalue weighted by Gasteiger charge is 2.10. The van der Waals surface area contributed by atoms with Gasteiger partial charge in [-0.3, -0.25) is 14.9 Å². The van der Waals surface area contributed by atoms with Gasteiger partial charge < -0.3 is 5.11 Å². The molecule has 23 heavy (non-hydrogen) atoms. The highest BCUT2D eigenvalue weighted by Crippen LogP contribution is 2.18. The predicted octanol–water partition coefficient (Wildman–Crippen LogP) is 3.58. The Bertz CT molecular complexity index is 941. The Morgan fingerprint density at radius 1 is 1.22 bits per heavy atom. The molecule has 0 aliphatic heterocycles. The summed E-state index contributed by atoms with van der Waals surface area (Å²) >= 11 is 5.97. The number of halogens is 1. The normalized spacial score (nSPS) is 11.2. The van der Waals surface area contributed by atoms with E-state index in [2.05, 4.69) is 10.1 Å². The summed E-state index contributed by atoms with van der Waals surface area (Å²) in [4.78, 5) is 16.8. The number of nitrogens with zero attached hydrogens (tertiary/aromatic N) is 2. The number of nitrogens with one attached hydrogen (secondary N) is 1. The average molecular weight is 328 g/mol. The zero-order valence-electron chi connectivity index (χ0n) is 12.3. The number of aromatic nitrogens is 2. The topological polar surface area (TPSA) is 70.4 Å². The second-order valence-electron chi connectivity index (χ2n) is 5.05. The number of aromatic amines is 1. The Morgan fingerprint density at radius 3 is 2.74 bits per heavy atom. The predicted molar refractivity (Wildman–Crippen MR) is 91.5 cm³/mol. The van der Waals surface area contributed by atoms with Gasteiger partial charge in [-0.05, 0) is 37.3 Å². The third kappa shape index (κ3) is 3.19. The zero-order chi connectivity index (χ0) is 16.4. The van der Waals surface area contributed by atoms with E-state index in [0.29, 0.717) is 27.7 Å². The highest BCUT2D eigenvalue weighted by molar-refractivity contribution is 6.30. The van der Waals surface area contributed by atoms with Gasteiger partial charge in [-0.1, -0.05) is 23.7 Å². The molecule has 1 heterocycles. The SMILES string of the molecule is Cc1[nH]n(-c2cccc(Cl)c2)c(=O)c1C=Nc1cccc(O)c1. The summed E-state index contributed by atoms with van der Waals surface area (Å²) < 4.78 is 1.42. The number of aliphatic imine (C=N–C) groups is 1. The molecule has 3 aromatic rings. The van der Waals surface area contributed by atoms with Crippen LogP contribution in [0, 0.1) is 6.92 Å². The summed E-state index contributed by atoms with van der Waals surface area (Å²) in [5, 5.41) is 13.0. The Hall–Kier alpha value is -2.79. The van der Waals surface area contributed by atoms with Crippen LogP contribution in [0.5, 0.6) is 5.75 Å². The van der Waals surface area contributed by atoms with Crippen LogP contribution < -0.4 is 5.56 Å². The Balaban J connectivity index is 2.00. The Labute approximate surface area is 137 Å². The summed E-state index contributed by atoms with van der Waals surface area (Å²) in [5.74, 6) is 0.127. The lowest BCUT2D eigenvalue weighted by Crippen LogP contribution is -2.17. The van der Waals surface area contributed by atoms with Crippen molar-refractivity contribution in [3.63, 3.8) is 0 Å². The van der Waals surface area contributed by atoms with Crippen molar-refractivity contribution in [3.05, 3.63) is 75.2 Å². The van der Waals surface area contributed by atoms with Crippen molar-refractivity contribution < 1.29 is 5.11 Å². The number of rotatable bonds is 3. The second-order valence-corrected chi connectivity index (χ2v) is 5.49. The molecule has 3 rings (SSSR count). The molecule has 2 N–H and O–H groups in total. The first-order valence-electron chi connectivity index (χ1n) is 6.95. The number of phenols is 1. The highest BCUT2D eigenvalue weighted by atomic mass is 35.5. The van der Waals surface area contributed by atoms with Gasteiger partial charge in [0, 0.05) is 23.0 Å². The fraction of sp³-hybridized carbons (Fsp3) is 0.0588. The lowest BCUT2D eigenvalue weighted by Gasteiger charge is -2.01. The molecule has 0 aliphatic carbocycles. The molecule has 0 aliphatic rings. The summed E-state index contributed by atoms with van der Waals surface area (Å²) in [7, 11) is 0. The van der Waals surface area contributed by atoms with E-state index in [1.807, 2.05) is 0 Å². The molecule has 116 valence electrons. The Morgan fingerprint density at radius 2 is 2.00 bits per heavy atom. The maximum atomic E-state index is 12.5. The maximum absolute atomic E-state index is 12.5. The minimum atomic E-state index is -0.214. The van der Waals surface area contributed by atoms with E-state index in [-0.39, 0.29) is 11.3 Å². The molecule has 0 saturated heterocycles. The van der Waals surface area contributed by atoms with Crippen LogP contribution in [0.4, 0.5) is 5.69 Å². The number of hydrogen-bond acceptors (Lipinski definition) is 3. The van der Waals surface area contributed by atoms with Crippen molar-refractivity contribution in [1.82, 2.24) is 9.78 Å². The number of aryl methyl sites for hydroxylation is 1. The number of aromatic hydroxyl groups is 1. The largest absolute Gasteiger partial charge is 0.508 e. The van der Waals surface area contributed by atoms with Crippen molar-refractivity contribution in [3.8, 4) is 11.4 Å². The fourth-order valence-corrected chi connectivity index (χ4v) is 2.41. The van der Waals surface area contributed by atoms with Crippen molar-refractivity contribution in [2.45, 2.75) is 6.92 Å². The van der Waals surface area contributed by atoms with Crippen LogP contribution >= 0.6 is 11.6 Å². The van der Waals surface area contributed by atoms with Crippen molar-refractivity contribution >= 4 is 23.5 Å². The van der Waals surface area contributed by atoms with E-state index in [0.717, 1.165) is 0 Å². The molecule has 2 aromatic carbocycles.